The topological polar surface area (TPSA) is 84.7 Å². The molecule has 1 aliphatic carbocycles. The van der Waals surface area contributed by atoms with Crippen molar-refractivity contribution in [1.29, 1.82) is 0 Å². The number of hydrogen-bond acceptors (Lipinski definition) is 4. The minimum absolute atomic E-state index is 0.0698. The summed E-state index contributed by atoms with van der Waals surface area (Å²) >= 11 is 0. The quantitative estimate of drug-likeness (QED) is 0.705. The van der Waals surface area contributed by atoms with Crippen molar-refractivity contribution in [2.75, 3.05) is 5.32 Å². The van der Waals surface area contributed by atoms with Gasteiger partial charge in [-0.15, -0.1) is 0 Å². The number of rotatable bonds is 6. The van der Waals surface area contributed by atoms with Gasteiger partial charge in [-0.05, 0) is 55.0 Å². The molecule has 0 aliphatic heterocycles. The molecule has 7 heteroatoms. The van der Waals surface area contributed by atoms with Crippen LogP contribution < -0.4 is 10.6 Å². The van der Waals surface area contributed by atoms with Crippen LogP contribution >= 0.6 is 0 Å². The number of hydrogen-bond donors (Lipinski definition) is 2. The molecule has 0 radical (unpaired) electrons. The zero-order valence-electron chi connectivity index (χ0n) is 15.2. The second-order valence-electron chi connectivity index (χ2n) is 6.91. The number of pyridine rings is 2. The third kappa shape index (κ3) is 4.31. The SMILES string of the molecule is Cc1ccnc([C@H](NC(=O)Nc2ccnn2Cc2cccnc2)C2CC2)c1. The van der Waals surface area contributed by atoms with Gasteiger partial charge in [0.05, 0.1) is 24.5 Å². The maximum atomic E-state index is 12.6. The first-order chi connectivity index (χ1) is 13.2. The van der Waals surface area contributed by atoms with E-state index in [1.807, 2.05) is 31.2 Å². The lowest BCUT2D eigenvalue weighted by atomic mass is 10.1. The Bertz CT molecular complexity index is 919. The predicted octanol–water partition coefficient (Wildman–Crippen LogP) is 3.30. The number of nitrogens with one attached hydrogen (secondary N) is 2. The van der Waals surface area contributed by atoms with Crippen LogP contribution in [0.25, 0.3) is 0 Å². The van der Waals surface area contributed by atoms with E-state index in [0.29, 0.717) is 18.3 Å². The van der Waals surface area contributed by atoms with Gasteiger partial charge in [0.25, 0.3) is 0 Å². The number of amides is 2. The van der Waals surface area contributed by atoms with Crippen molar-refractivity contribution in [3.05, 3.63) is 71.9 Å². The molecular weight excluding hydrogens is 340 g/mol. The Labute approximate surface area is 157 Å². The first-order valence-corrected chi connectivity index (χ1v) is 9.10. The monoisotopic (exact) mass is 362 g/mol. The minimum Gasteiger partial charge on any atom is -0.329 e. The van der Waals surface area contributed by atoms with Gasteiger partial charge in [-0.3, -0.25) is 15.3 Å². The third-order valence-electron chi connectivity index (χ3n) is 4.65. The van der Waals surface area contributed by atoms with Gasteiger partial charge in [0.15, 0.2) is 0 Å². The highest BCUT2D eigenvalue weighted by atomic mass is 16.2. The summed E-state index contributed by atoms with van der Waals surface area (Å²) in [6.07, 6.45) is 9.21. The Morgan fingerprint density at radius 2 is 2.15 bits per heavy atom. The highest BCUT2D eigenvalue weighted by Crippen LogP contribution is 2.40. The minimum atomic E-state index is -0.247. The van der Waals surface area contributed by atoms with Gasteiger partial charge < -0.3 is 5.32 Å². The summed E-state index contributed by atoms with van der Waals surface area (Å²) in [6, 6.07) is 9.33. The van der Waals surface area contributed by atoms with E-state index in [9.17, 15) is 4.79 Å². The van der Waals surface area contributed by atoms with Crippen LogP contribution in [0, 0.1) is 12.8 Å². The summed E-state index contributed by atoms with van der Waals surface area (Å²) in [6.45, 7) is 2.58. The molecule has 1 atom stereocenters. The number of urea groups is 1. The summed E-state index contributed by atoms with van der Waals surface area (Å²) in [5.41, 5.74) is 3.07. The molecule has 0 unspecified atom stereocenters. The number of carbonyl (C=O) groups excluding carboxylic acids is 1. The molecule has 3 aromatic rings. The van der Waals surface area contributed by atoms with Crippen molar-refractivity contribution < 1.29 is 4.79 Å². The third-order valence-corrected chi connectivity index (χ3v) is 4.65. The number of anilines is 1. The summed E-state index contributed by atoms with van der Waals surface area (Å²) in [4.78, 5) is 21.2. The normalized spacial score (nSPS) is 14.6. The first-order valence-electron chi connectivity index (χ1n) is 9.10. The smallest absolute Gasteiger partial charge is 0.320 e. The molecule has 27 heavy (non-hydrogen) atoms. The fourth-order valence-corrected chi connectivity index (χ4v) is 3.12. The van der Waals surface area contributed by atoms with Crippen LogP contribution in [-0.2, 0) is 6.54 Å². The van der Waals surface area contributed by atoms with E-state index in [1.54, 1.807) is 35.5 Å². The molecule has 1 fully saturated rings. The summed E-state index contributed by atoms with van der Waals surface area (Å²) in [5.74, 6) is 1.09. The van der Waals surface area contributed by atoms with E-state index in [0.717, 1.165) is 29.7 Å². The summed E-state index contributed by atoms with van der Waals surface area (Å²) in [5, 5.41) is 10.3. The number of aryl methyl sites for hydroxylation is 1. The molecule has 0 aromatic carbocycles. The molecule has 3 heterocycles. The Hall–Kier alpha value is -3.22. The van der Waals surface area contributed by atoms with Crippen LogP contribution in [0.5, 0.6) is 0 Å². The Kier molecular flexibility index (Phi) is 4.82. The fourth-order valence-electron chi connectivity index (χ4n) is 3.12. The van der Waals surface area contributed by atoms with Gasteiger partial charge in [0, 0.05) is 24.7 Å². The van der Waals surface area contributed by atoms with Crippen molar-refractivity contribution >= 4 is 11.8 Å². The van der Waals surface area contributed by atoms with Crippen molar-refractivity contribution in [2.45, 2.75) is 32.4 Å². The fraction of sp³-hybridized carbons (Fsp3) is 0.300. The van der Waals surface area contributed by atoms with Gasteiger partial charge in [-0.1, -0.05) is 6.07 Å². The Balaban J connectivity index is 1.44. The molecule has 2 amide bonds. The lowest BCUT2D eigenvalue weighted by molar-refractivity contribution is 0.246. The summed E-state index contributed by atoms with van der Waals surface area (Å²) < 4.78 is 1.74. The van der Waals surface area contributed by atoms with Crippen LogP contribution in [0.2, 0.25) is 0 Å². The second kappa shape index (κ2) is 7.57. The van der Waals surface area contributed by atoms with Gasteiger partial charge in [0.2, 0.25) is 0 Å². The molecule has 0 saturated heterocycles. The molecular formula is C20H22N6O. The molecule has 1 aliphatic rings. The predicted molar refractivity (Wildman–Crippen MR) is 102 cm³/mol. The maximum absolute atomic E-state index is 12.6. The molecule has 3 aromatic heterocycles. The summed E-state index contributed by atoms with van der Waals surface area (Å²) in [7, 11) is 0. The standard InChI is InChI=1S/C20H22N6O/c1-14-6-9-22-17(11-14)19(16-4-5-16)25-20(27)24-18-7-10-23-26(18)13-15-3-2-8-21-12-15/h2-3,6-12,16,19H,4-5,13H2,1H3,(H2,24,25,27)/t19-/m1/s1. The van der Waals surface area contributed by atoms with E-state index in [2.05, 4.69) is 25.7 Å². The van der Waals surface area contributed by atoms with E-state index in [4.69, 9.17) is 0 Å². The van der Waals surface area contributed by atoms with Gasteiger partial charge in [0.1, 0.15) is 5.82 Å². The molecule has 2 N–H and O–H groups in total. The lowest BCUT2D eigenvalue weighted by Crippen LogP contribution is -2.34. The van der Waals surface area contributed by atoms with Crippen LogP contribution in [0.4, 0.5) is 10.6 Å². The molecule has 138 valence electrons. The van der Waals surface area contributed by atoms with E-state index >= 15 is 0 Å². The van der Waals surface area contributed by atoms with Crippen LogP contribution in [0.3, 0.4) is 0 Å². The van der Waals surface area contributed by atoms with Crippen molar-refractivity contribution in [3.8, 4) is 0 Å². The van der Waals surface area contributed by atoms with Gasteiger partial charge in [-0.25, -0.2) is 9.48 Å². The van der Waals surface area contributed by atoms with Crippen LogP contribution in [0.1, 0.15) is 35.7 Å². The number of aromatic nitrogens is 4. The zero-order valence-corrected chi connectivity index (χ0v) is 15.2. The largest absolute Gasteiger partial charge is 0.329 e. The second-order valence-corrected chi connectivity index (χ2v) is 6.91. The van der Waals surface area contributed by atoms with Crippen LogP contribution in [0.15, 0.2) is 55.1 Å². The van der Waals surface area contributed by atoms with E-state index in [-0.39, 0.29) is 12.1 Å². The molecule has 1 saturated carbocycles. The Morgan fingerprint density at radius 1 is 1.26 bits per heavy atom. The van der Waals surface area contributed by atoms with E-state index in [1.165, 1.54) is 0 Å². The Morgan fingerprint density at radius 3 is 2.89 bits per heavy atom. The average Bonchev–Trinajstić information content (AvgIpc) is 3.42. The first kappa shape index (κ1) is 17.2. The van der Waals surface area contributed by atoms with Crippen LogP contribution in [-0.4, -0.2) is 25.8 Å². The van der Waals surface area contributed by atoms with Crippen molar-refractivity contribution in [2.24, 2.45) is 5.92 Å². The van der Waals surface area contributed by atoms with Crippen molar-refractivity contribution in [3.63, 3.8) is 0 Å². The number of carbonyl (C=O) groups is 1. The zero-order chi connectivity index (χ0) is 18.6. The maximum Gasteiger partial charge on any atom is 0.320 e. The highest BCUT2D eigenvalue weighted by Gasteiger charge is 2.34. The highest BCUT2D eigenvalue weighted by molar-refractivity contribution is 5.88. The number of nitrogens with zero attached hydrogens (tertiary/aromatic N) is 4. The van der Waals surface area contributed by atoms with E-state index < -0.39 is 0 Å². The van der Waals surface area contributed by atoms with Gasteiger partial charge in [-0.2, -0.15) is 5.10 Å². The molecule has 4 rings (SSSR count). The molecule has 0 bridgehead atoms. The molecule has 0 spiro atoms. The van der Waals surface area contributed by atoms with Crippen molar-refractivity contribution in [1.82, 2.24) is 25.1 Å². The van der Waals surface area contributed by atoms with Gasteiger partial charge >= 0.3 is 6.03 Å². The molecule has 7 nitrogen and oxygen atoms in total. The lowest BCUT2D eigenvalue weighted by Gasteiger charge is -2.19. The average molecular weight is 362 g/mol.